The second-order valence-corrected chi connectivity index (χ2v) is 3.43. The van der Waals surface area contributed by atoms with E-state index in [9.17, 15) is 0 Å². The van der Waals surface area contributed by atoms with Gasteiger partial charge in [-0.3, -0.25) is 4.68 Å². The maximum Gasteiger partial charge on any atom is 0.0701 e. The van der Waals surface area contributed by atoms with Gasteiger partial charge in [-0.05, 0) is 12.6 Å². The van der Waals surface area contributed by atoms with Crippen molar-refractivity contribution in [1.82, 2.24) is 15.1 Å². The first-order chi connectivity index (χ1) is 7.88. The van der Waals surface area contributed by atoms with Gasteiger partial charge in [0.1, 0.15) is 0 Å². The summed E-state index contributed by atoms with van der Waals surface area (Å²) in [7, 11) is 1.67. The van der Waals surface area contributed by atoms with Crippen molar-refractivity contribution >= 4 is 0 Å². The van der Waals surface area contributed by atoms with Crippen LogP contribution in [0.15, 0.2) is 12.3 Å². The van der Waals surface area contributed by atoms with Gasteiger partial charge in [0.05, 0.1) is 32.1 Å². The largest absolute Gasteiger partial charge is 0.382 e. The summed E-state index contributed by atoms with van der Waals surface area (Å²) in [6, 6.07) is 2.03. The summed E-state index contributed by atoms with van der Waals surface area (Å²) >= 11 is 0. The highest BCUT2D eigenvalue weighted by Crippen LogP contribution is 1.98. The lowest BCUT2D eigenvalue weighted by atomic mass is 10.4. The molecule has 16 heavy (non-hydrogen) atoms. The van der Waals surface area contributed by atoms with Crippen LogP contribution in [0.4, 0.5) is 0 Å². The molecule has 0 fully saturated rings. The third-order valence-corrected chi connectivity index (χ3v) is 2.24. The molecule has 1 rings (SSSR count). The Bertz CT molecular complexity index is 276. The average molecular weight is 227 g/mol. The van der Waals surface area contributed by atoms with Crippen LogP contribution in [-0.4, -0.2) is 43.3 Å². The molecule has 1 heterocycles. The molecule has 0 atom stereocenters. The zero-order valence-corrected chi connectivity index (χ0v) is 10.1. The topological polar surface area (TPSA) is 48.3 Å². The number of hydrogen-bond acceptors (Lipinski definition) is 4. The zero-order valence-electron chi connectivity index (χ0n) is 10.1. The molecule has 0 aromatic carbocycles. The monoisotopic (exact) mass is 227 g/mol. The minimum absolute atomic E-state index is 0.639. The number of methoxy groups -OCH3 is 1. The first kappa shape index (κ1) is 13.2. The van der Waals surface area contributed by atoms with E-state index in [0.29, 0.717) is 19.8 Å². The van der Waals surface area contributed by atoms with Crippen molar-refractivity contribution in [3.05, 3.63) is 18.0 Å². The first-order valence-corrected chi connectivity index (χ1v) is 5.66. The molecule has 1 aromatic rings. The minimum Gasteiger partial charge on any atom is -0.382 e. The van der Waals surface area contributed by atoms with E-state index in [4.69, 9.17) is 9.47 Å². The van der Waals surface area contributed by atoms with Gasteiger partial charge in [0, 0.05) is 19.9 Å². The van der Waals surface area contributed by atoms with Gasteiger partial charge < -0.3 is 14.8 Å². The molecule has 0 unspecified atom stereocenters. The molecule has 0 bridgehead atoms. The summed E-state index contributed by atoms with van der Waals surface area (Å²) in [5.74, 6) is 0. The van der Waals surface area contributed by atoms with Crippen LogP contribution >= 0.6 is 0 Å². The summed E-state index contributed by atoms with van der Waals surface area (Å²) in [5.41, 5.74) is 1.19. The molecule has 1 aromatic heterocycles. The Morgan fingerprint density at radius 1 is 1.38 bits per heavy atom. The maximum atomic E-state index is 5.40. The van der Waals surface area contributed by atoms with Crippen molar-refractivity contribution in [2.24, 2.45) is 0 Å². The average Bonchev–Trinajstić information content (AvgIpc) is 2.74. The highest BCUT2D eigenvalue weighted by atomic mass is 16.5. The molecule has 92 valence electrons. The predicted octanol–water partition coefficient (Wildman–Crippen LogP) is 0.656. The Labute approximate surface area is 96.7 Å². The van der Waals surface area contributed by atoms with Gasteiger partial charge in [0.2, 0.25) is 0 Å². The normalized spacial score (nSPS) is 10.9. The Morgan fingerprint density at radius 3 is 3.00 bits per heavy atom. The SMILES string of the molecule is CCNCc1ccnn1CCOCCOC. The molecule has 0 spiro atoms. The number of rotatable bonds is 9. The molecule has 0 saturated carbocycles. The molecular weight excluding hydrogens is 206 g/mol. The van der Waals surface area contributed by atoms with E-state index in [0.717, 1.165) is 19.6 Å². The van der Waals surface area contributed by atoms with E-state index >= 15 is 0 Å². The third kappa shape index (κ3) is 4.74. The smallest absolute Gasteiger partial charge is 0.0701 e. The van der Waals surface area contributed by atoms with Gasteiger partial charge in [-0.1, -0.05) is 6.92 Å². The van der Waals surface area contributed by atoms with Crippen LogP contribution in [-0.2, 0) is 22.6 Å². The van der Waals surface area contributed by atoms with Crippen LogP contribution in [0, 0.1) is 0 Å². The molecule has 0 aliphatic rings. The predicted molar refractivity (Wildman–Crippen MR) is 62.3 cm³/mol. The molecular formula is C11H21N3O2. The van der Waals surface area contributed by atoms with Crippen LogP contribution in [0.25, 0.3) is 0 Å². The van der Waals surface area contributed by atoms with Crippen molar-refractivity contribution in [3.63, 3.8) is 0 Å². The zero-order chi connectivity index (χ0) is 11.6. The quantitative estimate of drug-likeness (QED) is 0.629. The summed E-state index contributed by atoms with van der Waals surface area (Å²) < 4.78 is 12.3. The lowest BCUT2D eigenvalue weighted by Crippen LogP contribution is -2.18. The summed E-state index contributed by atoms with van der Waals surface area (Å²) in [4.78, 5) is 0. The lowest BCUT2D eigenvalue weighted by Gasteiger charge is -2.08. The molecule has 0 radical (unpaired) electrons. The maximum absolute atomic E-state index is 5.40. The van der Waals surface area contributed by atoms with Gasteiger partial charge >= 0.3 is 0 Å². The van der Waals surface area contributed by atoms with E-state index in [1.807, 2.05) is 16.9 Å². The van der Waals surface area contributed by atoms with Crippen molar-refractivity contribution in [2.45, 2.75) is 20.0 Å². The second-order valence-electron chi connectivity index (χ2n) is 3.43. The summed E-state index contributed by atoms with van der Waals surface area (Å²) in [5, 5.41) is 7.53. The Hall–Kier alpha value is -0.910. The highest BCUT2D eigenvalue weighted by Gasteiger charge is 2.00. The molecule has 0 aliphatic carbocycles. The van der Waals surface area contributed by atoms with Gasteiger partial charge in [-0.15, -0.1) is 0 Å². The first-order valence-electron chi connectivity index (χ1n) is 5.66. The van der Waals surface area contributed by atoms with Crippen molar-refractivity contribution < 1.29 is 9.47 Å². The van der Waals surface area contributed by atoms with E-state index in [2.05, 4.69) is 17.3 Å². The molecule has 0 saturated heterocycles. The fourth-order valence-corrected chi connectivity index (χ4v) is 1.36. The molecule has 1 N–H and O–H groups in total. The molecule has 0 amide bonds. The number of nitrogens with one attached hydrogen (secondary N) is 1. The summed E-state index contributed by atoms with van der Waals surface area (Å²) in [6.45, 7) is 6.66. The van der Waals surface area contributed by atoms with Crippen LogP contribution in [0.5, 0.6) is 0 Å². The van der Waals surface area contributed by atoms with E-state index in [-0.39, 0.29) is 0 Å². The van der Waals surface area contributed by atoms with Crippen molar-refractivity contribution in [1.29, 1.82) is 0 Å². The van der Waals surface area contributed by atoms with Gasteiger partial charge in [0.25, 0.3) is 0 Å². The minimum atomic E-state index is 0.639. The van der Waals surface area contributed by atoms with Crippen LogP contribution in [0.3, 0.4) is 0 Å². The van der Waals surface area contributed by atoms with Crippen LogP contribution in [0.1, 0.15) is 12.6 Å². The fourth-order valence-electron chi connectivity index (χ4n) is 1.36. The van der Waals surface area contributed by atoms with Crippen LogP contribution in [0.2, 0.25) is 0 Å². The number of aromatic nitrogens is 2. The standard InChI is InChI=1S/C11H21N3O2/c1-3-12-10-11-4-5-13-14(11)6-7-16-9-8-15-2/h4-5,12H,3,6-10H2,1-2H3. The Morgan fingerprint density at radius 2 is 2.25 bits per heavy atom. The van der Waals surface area contributed by atoms with E-state index < -0.39 is 0 Å². The number of hydrogen-bond donors (Lipinski definition) is 1. The van der Waals surface area contributed by atoms with E-state index in [1.54, 1.807) is 7.11 Å². The Balaban J connectivity index is 2.22. The lowest BCUT2D eigenvalue weighted by molar-refractivity contribution is 0.0651. The number of ether oxygens (including phenoxy) is 2. The van der Waals surface area contributed by atoms with Gasteiger partial charge in [-0.25, -0.2) is 0 Å². The van der Waals surface area contributed by atoms with Crippen molar-refractivity contribution in [2.75, 3.05) is 33.5 Å². The summed E-state index contributed by atoms with van der Waals surface area (Å²) in [6.07, 6.45) is 1.82. The van der Waals surface area contributed by atoms with Gasteiger partial charge in [0.15, 0.2) is 0 Å². The molecule has 0 aliphatic heterocycles. The molecule has 5 nitrogen and oxygen atoms in total. The van der Waals surface area contributed by atoms with E-state index in [1.165, 1.54) is 5.69 Å². The number of nitrogens with zero attached hydrogens (tertiary/aromatic N) is 2. The second kappa shape index (κ2) is 8.27. The van der Waals surface area contributed by atoms with Crippen LogP contribution < -0.4 is 5.32 Å². The van der Waals surface area contributed by atoms with Gasteiger partial charge in [-0.2, -0.15) is 5.10 Å². The Kier molecular flexibility index (Phi) is 6.80. The third-order valence-electron chi connectivity index (χ3n) is 2.24. The highest BCUT2D eigenvalue weighted by molar-refractivity contribution is 4.99. The fraction of sp³-hybridized carbons (Fsp3) is 0.727. The van der Waals surface area contributed by atoms with Crippen molar-refractivity contribution in [3.8, 4) is 0 Å². The molecule has 5 heteroatoms.